The number of unbranched alkanes of at least 4 members (excludes halogenated alkanes) is 3. The van der Waals surface area contributed by atoms with Gasteiger partial charge in [0.05, 0.1) is 0 Å². The molecular formula is C25H31NO3. The van der Waals surface area contributed by atoms with E-state index in [9.17, 15) is 9.59 Å². The standard InChI is InChI=1S/C25H29NO3.H2/c27-24(29-19-20-11-4-3-5-12-20)17-6-1-2-9-18-26-25(28)23-16-10-14-21-13-7-8-15-22(21)23;/h4,7-8,10-16H,1-3,5-6,9,17-19H2,(H,26,28);1H. The Morgan fingerprint density at radius 3 is 2.66 bits per heavy atom. The molecule has 1 amide bonds. The summed E-state index contributed by atoms with van der Waals surface area (Å²) in [6.45, 7) is 1.03. The lowest BCUT2D eigenvalue weighted by atomic mass is 10.0. The molecule has 154 valence electrons. The number of hydrogen-bond acceptors (Lipinski definition) is 3. The van der Waals surface area contributed by atoms with Gasteiger partial charge in [-0.2, -0.15) is 0 Å². The van der Waals surface area contributed by atoms with Crippen molar-refractivity contribution in [3.63, 3.8) is 0 Å². The van der Waals surface area contributed by atoms with Gasteiger partial charge in [-0.1, -0.05) is 67.5 Å². The summed E-state index contributed by atoms with van der Waals surface area (Å²) >= 11 is 0. The average molecular weight is 394 g/mol. The van der Waals surface area contributed by atoms with E-state index in [4.69, 9.17) is 4.74 Å². The molecule has 2 aromatic carbocycles. The van der Waals surface area contributed by atoms with Gasteiger partial charge >= 0.3 is 5.97 Å². The lowest BCUT2D eigenvalue weighted by Crippen LogP contribution is -2.24. The van der Waals surface area contributed by atoms with Crippen molar-refractivity contribution in [1.29, 1.82) is 0 Å². The van der Waals surface area contributed by atoms with Crippen molar-refractivity contribution < 1.29 is 15.8 Å². The normalized spacial score (nSPS) is 13.2. The highest BCUT2D eigenvalue weighted by Crippen LogP contribution is 2.18. The van der Waals surface area contributed by atoms with E-state index in [0.717, 1.165) is 54.9 Å². The Morgan fingerprint density at radius 2 is 1.79 bits per heavy atom. The summed E-state index contributed by atoms with van der Waals surface area (Å²) in [7, 11) is 0. The van der Waals surface area contributed by atoms with Crippen molar-refractivity contribution in [3.05, 3.63) is 71.8 Å². The topological polar surface area (TPSA) is 55.4 Å². The Kier molecular flexibility index (Phi) is 8.05. The molecule has 0 aromatic heterocycles. The van der Waals surface area contributed by atoms with Crippen LogP contribution in [0.4, 0.5) is 0 Å². The molecule has 0 unspecified atom stereocenters. The summed E-state index contributed by atoms with van der Waals surface area (Å²) in [5.41, 5.74) is 1.81. The lowest BCUT2D eigenvalue weighted by molar-refractivity contribution is -0.142. The number of ether oxygens (including phenoxy) is 1. The first-order valence-corrected chi connectivity index (χ1v) is 10.5. The monoisotopic (exact) mass is 393 g/mol. The van der Waals surface area contributed by atoms with Crippen molar-refractivity contribution in [2.75, 3.05) is 13.2 Å². The van der Waals surface area contributed by atoms with Gasteiger partial charge in [0.25, 0.3) is 5.91 Å². The highest BCUT2D eigenvalue weighted by Gasteiger charge is 2.09. The molecule has 29 heavy (non-hydrogen) atoms. The SMILES string of the molecule is O=C(CCCCCCNC(=O)c1cccc2ccccc12)OCC1=CCCC=C1.[HH]. The number of nitrogens with one attached hydrogen (secondary N) is 1. The van der Waals surface area contributed by atoms with Crippen LogP contribution in [0, 0.1) is 0 Å². The Balaban J connectivity index is 0.00000320. The van der Waals surface area contributed by atoms with E-state index in [1.807, 2.05) is 48.5 Å². The molecule has 0 bridgehead atoms. The number of esters is 1. The highest BCUT2D eigenvalue weighted by molar-refractivity contribution is 6.06. The molecule has 2 aromatic rings. The second kappa shape index (κ2) is 11.2. The van der Waals surface area contributed by atoms with Gasteiger partial charge in [0, 0.05) is 20.0 Å². The molecule has 0 radical (unpaired) electrons. The smallest absolute Gasteiger partial charge is 0.306 e. The number of carbonyl (C=O) groups is 2. The zero-order chi connectivity index (χ0) is 20.3. The summed E-state index contributed by atoms with van der Waals surface area (Å²) < 4.78 is 5.31. The molecule has 3 rings (SSSR count). The minimum Gasteiger partial charge on any atom is -0.461 e. The van der Waals surface area contributed by atoms with E-state index < -0.39 is 0 Å². The average Bonchev–Trinajstić information content (AvgIpc) is 2.77. The molecule has 0 atom stereocenters. The number of benzene rings is 2. The molecule has 0 saturated carbocycles. The molecule has 0 spiro atoms. The highest BCUT2D eigenvalue weighted by atomic mass is 16.5. The van der Waals surface area contributed by atoms with Crippen LogP contribution in [-0.4, -0.2) is 25.0 Å². The molecule has 0 saturated heterocycles. The molecule has 4 heteroatoms. The van der Waals surface area contributed by atoms with Gasteiger partial charge in [-0.3, -0.25) is 9.59 Å². The minimum absolute atomic E-state index is 0. The number of fused-ring (bicyclic) bond motifs is 1. The first kappa shape index (κ1) is 20.8. The van der Waals surface area contributed by atoms with Crippen LogP contribution in [0.15, 0.2) is 66.3 Å². The van der Waals surface area contributed by atoms with Crippen molar-refractivity contribution >= 4 is 22.6 Å². The van der Waals surface area contributed by atoms with Crippen LogP contribution in [0.2, 0.25) is 0 Å². The Morgan fingerprint density at radius 1 is 0.966 bits per heavy atom. The summed E-state index contributed by atoms with van der Waals surface area (Å²) in [5, 5.41) is 5.05. The van der Waals surface area contributed by atoms with Crippen LogP contribution in [0.1, 0.15) is 56.7 Å². The quantitative estimate of drug-likeness (QED) is 0.423. The maximum Gasteiger partial charge on any atom is 0.306 e. The second-order valence-electron chi connectivity index (χ2n) is 7.37. The van der Waals surface area contributed by atoms with Gasteiger partial charge in [0.15, 0.2) is 0 Å². The maximum absolute atomic E-state index is 12.5. The van der Waals surface area contributed by atoms with Crippen LogP contribution in [-0.2, 0) is 9.53 Å². The molecule has 1 N–H and O–H groups in total. The fourth-order valence-corrected chi connectivity index (χ4v) is 3.48. The van der Waals surface area contributed by atoms with E-state index >= 15 is 0 Å². The van der Waals surface area contributed by atoms with E-state index in [1.54, 1.807) is 0 Å². The molecule has 0 fully saturated rings. The van der Waals surface area contributed by atoms with Crippen molar-refractivity contribution in [2.24, 2.45) is 0 Å². The summed E-state index contributed by atoms with van der Waals surface area (Å²) in [4.78, 5) is 24.3. The van der Waals surface area contributed by atoms with Crippen LogP contribution in [0.5, 0.6) is 0 Å². The second-order valence-corrected chi connectivity index (χ2v) is 7.37. The van der Waals surface area contributed by atoms with Gasteiger partial charge in [-0.05, 0) is 48.1 Å². The van der Waals surface area contributed by atoms with Crippen LogP contribution >= 0.6 is 0 Å². The Labute approximate surface area is 174 Å². The van der Waals surface area contributed by atoms with Gasteiger partial charge in [-0.25, -0.2) is 0 Å². The number of hydrogen-bond donors (Lipinski definition) is 1. The predicted octanol–water partition coefficient (Wildman–Crippen LogP) is 5.59. The van der Waals surface area contributed by atoms with Gasteiger partial charge in [0.1, 0.15) is 6.61 Å². The van der Waals surface area contributed by atoms with Crippen LogP contribution in [0.3, 0.4) is 0 Å². The molecule has 0 aliphatic heterocycles. The zero-order valence-electron chi connectivity index (χ0n) is 16.9. The molecule has 4 nitrogen and oxygen atoms in total. The first-order chi connectivity index (χ1) is 14.2. The summed E-state index contributed by atoms with van der Waals surface area (Å²) in [5.74, 6) is -0.162. The van der Waals surface area contributed by atoms with Crippen LogP contribution < -0.4 is 5.32 Å². The molecule has 1 aliphatic rings. The number of rotatable bonds is 10. The third-order valence-corrected chi connectivity index (χ3v) is 5.10. The Hall–Kier alpha value is -2.88. The number of allylic oxidation sites excluding steroid dienone is 2. The van der Waals surface area contributed by atoms with E-state index in [-0.39, 0.29) is 13.3 Å². The molecule has 1 aliphatic carbocycles. The van der Waals surface area contributed by atoms with Crippen LogP contribution in [0.25, 0.3) is 10.8 Å². The van der Waals surface area contributed by atoms with Crippen molar-refractivity contribution in [1.82, 2.24) is 5.32 Å². The number of amides is 1. The maximum atomic E-state index is 12.5. The fourth-order valence-electron chi connectivity index (χ4n) is 3.48. The van der Waals surface area contributed by atoms with E-state index in [2.05, 4.69) is 17.5 Å². The first-order valence-electron chi connectivity index (χ1n) is 10.5. The Bertz CT molecular complexity index is 899. The molecule has 0 heterocycles. The largest absolute Gasteiger partial charge is 0.461 e. The van der Waals surface area contributed by atoms with Gasteiger partial charge in [-0.15, -0.1) is 0 Å². The van der Waals surface area contributed by atoms with Gasteiger partial charge < -0.3 is 10.1 Å². The van der Waals surface area contributed by atoms with E-state index in [0.29, 0.717) is 25.1 Å². The lowest BCUT2D eigenvalue weighted by Gasteiger charge is -2.09. The number of carbonyl (C=O) groups excluding carboxylic acids is 2. The van der Waals surface area contributed by atoms with Gasteiger partial charge in [0.2, 0.25) is 0 Å². The third-order valence-electron chi connectivity index (χ3n) is 5.10. The van der Waals surface area contributed by atoms with Crippen molar-refractivity contribution in [3.8, 4) is 0 Å². The summed E-state index contributed by atoms with van der Waals surface area (Å²) in [6, 6.07) is 13.7. The summed E-state index contributed by atoms with van der Waals surface area (Å²) in [6.07, 6.45) is 12.5. The van der Waals surface area contributed by atoms with E-state index in [1.165, 1.54) is 0 Å². The van der Waals surface area contributed by atoms with Crippen molar-refractivity contribution in [2.45, 2.75) is 44.9 Å². The third kappa shape index (κ3) is 6.60. The fraction of sp³-hybridized carbons (Fsp3) is 0.360. The molecular weight excluding hydrogens is 362 g/mol. The minimum atomic E-state index is -0.130. The predicted molar refractivity (Wildman–Crippen MR) is 119 cm³/mol. The zero-order valence-corrected chi connectivity index (χ0v) is 16.9.